The molecule has 1 aliphatic heterocycles. The first-order valence-corrected chi connectivity index (χ1v) is 10.2. The number of aromatic nitrogens is 3. The second-order valence-electron chi connectivity index (χ2n) is 7.81. The predicted molar refractivity (Wildman–Crippen MR) is 106 cm³/mol. The Morgan fingerprint density at radius 3 is 2.61 bits per heavy atom. The monoisotopic (exact) mass is 434 g/mol. The summed E-state index contributed by atoms with van der Waals surface area (Å²) < 4.78 is 54.5. The lowest BCUT2D eigenvalue weighted by molar-refractivity contribution is -0.142. The highest BCUT2D eigenvalue weighted by Crippen LogP contribution is 2.32. The van der Waals surface area contributed by atoms with Crippen LogP contribution in [0.25, 0.3) is 5.65 Å². The van der Waals surface area contributed by atoms with Gasteiger partial charge >= 0.3 is 6.18 Å². The summed E-state index contributed by atoms with van der Waals surface area (Å²) in [6.07, 6.45) is -2.55. The number of fused-ring (bicyclic) bond motifs is 1. The maximum absolute atomic E-state index is 13.5. The number of halogens is 4. The molecule has 164 valence electrons. The molecule has 1 aromatic carbocycles. The van der Waals surface area contributed by atoms with Crippen LogP contribution in [-0.2, 0) is 23.8 Å². The van der Waals surface area contributed by atoms with Gasteiger partial charge in [0.25, 0.3) is 0 Å². The molecule has 31 heavy (non-hydrogen) atoms. The number of hydrogen-bond donors (Lipinski definition) is 0. The molecule has 1 saturated heterocycles. The number of carbonyl (C=O) groups excluding carboxylic acids is 1. The molecule has 0 bridgehead atoms. The molecule has 3 heterocycles. The van der Waals surface area contributed by atoms with Crippen molar-refractivity contribution in [3.05, 3.63) is 64.9 Å². The smallest absolute Gasteiger partial charge is 0.342 e. The molecule has 0 aliphatic carbocycles. The lowest BCUT2D eigenvalue weighted by atomic mass is 9.94. The van der Waals surface area contributed by atoms with Gasteiger partial charge in [-0.1, -0.05) is 19.1 Å². The molecule has 9 heteroatoms. The number of likely N-dealkylation sites (tertiary alicyclic amines) is 1. The van der Waals surface area contributed by atoms with Crippen LogP contribution in [-0.4, -0.2) is 38.5 Å². The molecule has 1 atom stereocenters. The van der Waals surface area contributed by atoms with Gasteiger partial charge < -0.3 is 4.90 Å². The lowest BCUT2D eigenvalue weighted by Crippen LogP contribution is -2.40. The summed E-state index contributed by atoms with van der Waals surface area (Å²) in [5, 5.41) is 4.22. The topological polar surface area (TPSA) is 50.5 Å². The highest BCUT2D eigenvalue weighted by molar-refractivity contribution is 5.79. The highest BCUT2D eigenvalue weighted by Gasteiger charge is 2.36. The van der Waals surface area contributed by atoms with E-state index in [4.69, 9.17) is 0 Å². The van der Waals surface area contributed by atoms with Crippen LogP contribution in [0.15, 0.2) is 36.4 Å². The molecular weight excluding hydrogens is 412 g/mol. The van der Waals surface area contributed by atoms with E-state index in [0.717, 1.165) is 23.4 Å². The van der Waals surface area contributed by atoms with Crippen LogP contribution in [0.2, 0.25) is 0 Å². The number of piperidine rings is 1. The Morgan fingerprint density at radius 2 is 1.94 bits per heavy atom. The first kappa shape index (κ1) is 21.3. The standard InChI is InChI=1S/C22H22F4N4O/c1-2-17-11-19(22(24,25)26)30-20(27-17)12-18(28-30)15-4-3-9-29(13-15)21(31)10-14-5-7-16(23)8-6-14/h5-8,11-12,15H,2-4,9-10,13H2,1H3/t15-/m1/s1. The molecule has 0 radical (unpaired) electrons. The molecule has 5 nitrogen and oxygen atoms in total. The third kappa shape index (κ3) is 4.55. The molecule has 0 spiro atoms. The lowest BCUT2D eigenvalue weighted by Gasteiger charge is -2.32. The fourth-order valence-electron chi connectivity index (χ4n) is 3.96. The van der Waals surface area contributed by atoms with Crippen LogP contribution in [0.5, 0.6) is 0 Å². The number of carbonyl (C=O) groups is 1. The van der Waals surface area contributed by atoms with Gasteiger partial charge in [-0.3, -0.25) is 4.79 Å². The highest BCUT2D eigenvalue weighted by atomic mass is 19.4. The number of amides is 1. The van der Waals surface area contributed by atoms with E-state index in [-0.39, 0.29) is 29.7 Å². The SMILES string of the molecule is CCc1cc(C(F)(F)F)n2nc([C@@H]3CCCN(C(=O)Cc4ccc(F)cc4)C3)cc2n1. The zero-order valence-corrected chi connectivity index (χ0v) is 17.0. The Labute approximate surface area is 176 Å². The van der Waals surface area contributed by atoms with E-state index in [2.05, 4.69) is 10.1 Å². The summed E-state index contributed by atoms with van der Waals surface area (Å²) >= 11 is 0. The minimum Gasteiger partial charge on any atom is -0.342 e. The van der Waals surface area contributed by atoms with Crippen molar-refractivity contribution >= 4 is 11.6 Å². The largest absolute Gasteiger partial charge is 0.433 e. The predicted octanol–water partition coefficient (Wildman–Crippen LogP) is 4.40. The second-order valence-corrected chi connectivity index (χ2v) is 7.81. The van der Waals surface area contributed by atoms with Crippen molar-refractivity contribution in [2.75, 3.05) is 13.1 Å². The molecular formula is C22H22F4N4O. The van der Waals surface area contributed by atoms with Crippen molar-refractivity contribution in [3.63, 3.8) is 0 Å². The molecule has 0 saturated carbocycles. The van der Waals surface area contributed by atoms with Crippen LogP contribution in [0, 0.1) is 5.82 Å². The van der Waals surface area contributed by atoms with Gasteiger partial charge in [-0.15, -0.1) is 0 Å². The first-order chi connectivity index (χ1) is 14.7. The van der Waals surface area contributed by atoms with Crippen LogP contribution >= 0.6 is 0 Å². The fourth-order valence-corrected chi connectivity index (χ4v) is 3.96. The molecule has 4 rings (SSSR count). The Balaban J connectivity index is 1.56. The number of nitrogens with zero attached hydrogens (tertiary/aromatic N) is 4. The molecule has 0 N–H and O–H groups in total. The number of hydrogen-bond acceptors (Lipinski definition) is 3. The maximum Gasteiger partial charge on any atom is 0.433 e. The number of aryl methyl sites for hydroxylation is 1. The van der Waals surface area contributed by atoms with E-state index in [1.165, 1.54) is 12.1 Å². The quantitative estimate of drug-likeness (QED) is 0.572. The van der Waals surface area contributed by atoms with E-state index >= 15 is 0 Å². The van der Waals surface area contributed by atoms with Crippen molar-refractivity contribution in [1.29, 1.82) is 0 Å². The molecule has 3 aromatic rings. The maximum atomic E-state index is 13.5. The third-order valence-electron chi connectivity index (χ3n) is 5.61. The zero-order valence-electron chi connectivity index (χ0n) is 17.0. The number of benzene rings is 1. The van der Waals surface area contributed by atoms with Gasteiger partial charge in [0.05, 0.1) is 12.1 Å². The Bertz CT molecular complexity index is 1090. The van der Waals surface area contributed by atoms with Crippen LogP contribution in [0.4, 0.5) is 17.6 Å². The van der Waals surface area contributed by atoms with Gasteiger partial charge in [0.1, 0.15) is 11.5 Å². The van der Waals surface area contributed by atoms with Crippen LogP contribution < -0.4 is 0 Å². The molecule has 1 aliphatic rings. The van der Waals surface area contributed by atoms with E-state index in [1.54, 1.807) is 30.0 Å². The van der Waals surface area contributed by atoms with Gasteiger partial charge in [-0.2, -0.15) is 18.3 Å². The van der Waals surface area contributed by atoms with Gasteiger partial charge in [-0.05, 0) is 43.0 Å². The summed E-state index contributed by atoms with van der Waals surface area (Å²) in [6.45, 7) is 2.71. The van der Waals surface area contributed by atoms with Crippen molar-refractivity contribution in [3.8, 4) is 0 Å². The number of rotatable bonds is 4. The van der Waals surface area contributed by atoms with Gasteiger partial charge in [0.15, 0.2) is 5.65 Å². The Morgan fingerprint density at radius 1 is 1.19 bits per heavy atom. The summed E-state index contributed by atoms with van der Waals surface area (Å²) in [7, 11) is 0. The summed E-state index contributed by atoms with van der Waals surface area (Å²) in [6, 6.07) is 8.40. The third-order valence-corrected chi connectivity index (χ3v) is 5.61. The van der Waals surface area contributed by atoms with Crippen molar-refractivity contribution in [2.24, 2.45) is 0 Å². The minimum atomic E-state index is -4.54. The Hall–Kier alpha value is -2.97. The average molecular weight is 434 g/mol. The molecule has 1 amide bonds. The van der Waals surface area contributed by atoms with Crippen LogP contribution in [0.3, 0.4) is 0 Å². The molecule has 1 fully saturated rings. The normalized spacial score (nSPS) is 17.3. The zero-order chi connectivity index (χ0) is 22.2. The average Bonchev–Trinajstić information content (AvgIpc) is 3.18. The van der Waals surface area contributed by atoms with E-state index < -0.39 is 11.9 Å². The van der Waals surface area contributed by atoms with Crippen molar-refractivity contribution in [1.82, 2.24) is 19.5 Å². The summed E-state index contributed by atoms with van der Waals surface area (Å²) in [4.78, 5) is 18.7. The summed E-state index contributed by atoms with van der Waals surface area (Å²) in [5.41, 5.74) is 0.890. The second kappa shape index (κ2) is 8.28. The van der Waals surface area contributed by atoms with Crippen LogP contribution in [0.1, 0.15) is 48.3 Å². The number of alkyl halides is 3. The van der Waals surface area contributed by atoms with Crippen molar-refractivity contribution in [2.45, 2.75) is 44.7 Å². The first-order valence-electron chi connectivity index (χ1n) is 10.2. The van der Waals surface area contributed by atoms with E-state index in [1.807, 2.05) is 0 Å². The molecule has 2 aromatic heterocycles. The van der Waals surface area contributed by atoms with Gasteiger partial charge in [0, 0.05) is 30.8 Å². The van der Waals surface area contributed by atoms with E-state index in [0.29, 0.717) is 36.5 Å². The Kier molecular flexibility index (Phi) is 5.68. The minimum absolute atomic E-state index is 0.0950. The summed E-state index contributed by atoms with van der Waals surface area (Å²) in [5.74, 6) is -0.625. The van der Waals surface area contributed by atoms with Gasteiger partial charge in [0.2, 0.25) is 5.91 Å². The molecule has 0 unspecified atom stereocenters. The van der Waals surface area contributed by atoms with E-state index in [9.17, 15) is 22.4 Å². The van der Waals surface area contributed by atoms with Gasteiger partial charge in [-0.25, -0.2) is 13.9 Å². The van der Waals surface area contributed by atoms with Crippen molar-refractivity contribution < 1.29 is 22.4 Å². The fraction of sp³-hybridized carbons (Fsp3) is 0.409.